The average molecular weight is 326 g/mol. The van der Waals surface area contributed by atoms with Gasteiger partial charge in [-0.25, -0.2) is 9.37 Å². The van der Waals surface area contributed by atoms with E-state index >= 15 is 0 Å². The molecule has 0 radical (unpaired) electrons. The van der Waals surface area contributed by atoms with Crippen LogP contribution < -0.4 is 5.32 Å². The Morgan fingerprint density at radius 3 is 3.00 bits per heavy atom. The third kappa shape index (κ3) is 5.13. The van der Waals surface area contributed by atoms with E-state index in [2.05, 4.69) is 10.3 Å². The number of carbonyl (C=O) groups excluding carboxylic acids is 1. The second kappa shape index (κ2) is 8.51. The number of aromatic nitrogens is 2. The molecule has 0 spiro atoms. The first-order valence-electron chi connectivity index (χ1n) is 6.90. The number of nitrogens with zero attached hydrogens (tertiary/aromatic N) is 2. The minimum Gasteiger partial charge on any atom is -0.378 e. The van der Waals surface area contributed by atoms with Gasteiger partial charge in [0.1, 0.15) is 5.82 Å². The third-order valence-corrected chi connectivity index (χ3v) is 3.37. The maximum Gasteiger partial charge on any atom is 0.224 e. The molecule has 0 saturated carbocycles. The van der Waals surface area contributed by atoms with Crippen molar-refractivity contribution in [3.05, 3.63) is 53.3 Å². The summed E-state index contributed by atoms with van der Waals surface area (Å²) in [7, 11) is 0. The van der Waals surface area contributed by atoms with Gasteiger partial charge >= 0.3 is 0 Å². The zero-order chi connectivity index (χ0) is 15.8. The molecule has 22 heavy (non-hydrogen) atoms. The van der Waals surface area contributed by atoms with Gasteiger partial charge in [0, 0.05) is 36.1 Å². The fraction of sp³-hybridized carbons (Fsp3) is 0.333. The first-order valence-corrected chi connectivity index (χ1v) is 7.27. The minimum atomic E-state index is -0.473. The van der Waals surface area contributed by atoms with Gasteiger partial charge in [0.05, 0.1) is 26.0 Å². The number of carbonyl (C=O) groups is 1. The number of hydrogen-bond acceptors (Lipinski definition) is 3. The smallest absolute Gasteiger partial charge is 0.224 e. The molecule has 5 nitrogen and oxygen atoms in total. The van der Waals surface area contributed by atoms with E-state index in [4.69, 9.17) is 16.3 Å². The van der Waals surface area contributed by atoms with Crippen molar-refractivity contribution in [1.29, 1.82) is 0 Å². The monoisotopic (exact) mass is 325 g/mol. The Morgan fingerprint density at radius 2 is 2.27 bits per heavy atom. The maximum absolute atomic E-state index is 13.5. The van der Waals surface area contributed by atoms with Crippen LogP contribution in [0, 0.1) is 5.82 Å². The highest BCUT2D eigenvalue weighted by atomic mass is 35.5. The summed E-state index contributed by atoms with van der Waals surface area (Å²) in [4.78, 5) is 15.7. The molecule has 0 saturated heterocycles. The van der Waals surface area contributed by atoms with Gasteiger partial charge in [-0.1, -0.05) is 17.7 Å². The molecule has 0 bridgehead atoms. The lowest BCUT2D eigenvalue weighted by Gasteiger charge is -2.08. The van der Waals surface area contributed by atoms with Gasteiger partial charge in [0.25, 0.3) is 0 Å². The van der Waals surface area contributed by atoms with Crippen LogP contribution in [-0.4, -0.2) is 35.2 Å². The van der Waals surface area contributed by atoms with Crippen LogP contribution in [0.15, 0.2) is 36.9 Å². The van der Waals surface area contributed by atoms with Crippen LogP contribution in [0.4, 0.5) is 4.39 Å². The first kappa shape index (κ1) is 16.5. The lowest BCUT2D eigenvalue weighted by Crippen LogP contribution is -2.29. The molecule has 118 valence electrons. The fourth-order valence-corrected chi connectivity index (χ4v) is 2.11. The Morgan fingerprint density at radius 1 is 1.41 bits per heavy atom. The molecule has 0 aliphatic carbocycles. The van der Waals surface area contributed by atoms with Crippen LogP contribution in [-0.2, 0) is 22.5 Å². The Labute approximate surface area is 133 Å². The lowest BCUT2D eigenvalue weighted by atomic mass is 10.1. The molecule has 0 unspecified atom stereocenters. The van der Waals surface area contributed by atoms with Crippen molar-refractivity contribution in [3.8, 4) is 0 Å². The number of amides is 1. The van der Waals surface area contributed by atoms with Gasteiger partial charge in [0.15, 0.2) is 0 Å². The minimum absolute atomic E-state index is 0.0828. The normalized spacial score (nSPS) is 10.6. The Kier molecular flexibility index (Phi) is 6.36. The van der Waals surface area contributed by atoms with E-state index in [1.807, 2.05) is 10.8 Å². The lowest BCUT2D eigenvalue weighted by molar-refractivity contribution is -0.120. The molecule has 1 amide bonds. The Balaban J connectivity index is 1.62. The standard InChI is InChI=1S/C15H17ClFN3O2/c16-13-2-1-3-14(17)12(13)10-15(21)19-5-8-22-9-7-20-6-4-18-11-20/h1-4,6,11H,5,7-10H2,(H,19,21). The first-order chi connectivity index (χ1) is 10.7. The molecule has 1 heterocycles. The molecule has 1 N–H and O–H groups in total. The van der Waals surface area contributed by atoms with Gasteiger partial charge < -0.3 is 14.6 Å². The van der Waals surface area contributed by atoms with Gasteiger partial charge in [-0.05, 0) is 12.1 Å². The van der Waals surface area contributed by atoms with Gasteiger partial charge in [0.2, 0.25) is 5.91 Å². The molecule has 1 aromatic carbocycles. The highest BCUT2D eigenvalue weighted by Crippen LogP contribution is 2.19. The molecule has 0 aliphatic rings. The maximum atomic E-state index is 13.5. The number of benzene rings is 1. The summed E-state index contributed by atoms with van der Waals surface area (Å²) in [6.45, 7) is 2.00. The molecule has 1 aromatic heterocycles. The second-order valence-corrected chi connectivity index (χ2v) is 5.05. The molecule has 0 aliphatic heterocycles. The van der Waals surface area contributed by atoms with Gasteiger partial charge in [-0.15, -0.1) is 0 Å². The number of hydrogen-bond donors (Lipinski definition) is 1. The number of rotatable bonds is 8. The van der Waals surface area contributed by atoms with Crippen LogP contribution in [0.5, 0.6) is 0 Å². The second-order valence-electron chi connectivity index (χ2n) is 4.64. The predicted octanol–water partition coefficient (Wildman–Crippen LogP) is 2.05. The van der Waals surface area contributed by atoms with Crippen molar-refractivity contribution in [2.45, 2.75) is 13.0 Å². The quantitative estimate of drug-likeness (QED) is 0.756. The summed E-state index contributed by atoms with van der Waals surface area (Å²) in [5.41, 5.74) is 0.211. The topological polar surface area (TPSA) is 56.1 Å². The Hall–Kier alpha value is -1.92. The summed E-state index contributed by atoms with van der Waals surface area (Å²) in [5.74, 6) is -0.760. The summed E-state index contributed by atoms with van der Waals surface area (Å²) in [5, 5.41) is 2.93. The van der Waals surface area contributed by atoms with Crippen molar-refractivity contribution in [2.24, 2.45) is 0 Å². The van der Waals surface area contributed by atoms with Crippen LogP contribution >= 0.6 is 11.6 Å². The van der Waals surface area contributed by atoms with Crippen LogP contribution in [0.2, 0.25) is 5.02 Å². The molecule has 0 fully saturated rings. The number of nitrogens with one attached hydrogen (secondary N) is 1. The number of halogens is 2. The van der Waals surface area contributed by atoms with E-state index in [0.29, 0.717) is 26.3 Å². The fourth-order valence-electron chi connectivity index (χ4n) is 1.88. The van der Waals surface area contributed by atoms with Crippen molar-refractivity contribution in [2.75, 3.05) is 19.8 Å². The third-order valence-electron chi connectivity index (χ3n) is 3.02. The van der Waals surface area contributed by atoms with Gasteiger partial charge in [-0.2, -0.15) is 0 Å². The summed E-state index contributed by atoms with van der Waals surface area (Å²) in [6, 6.07) is 4.35. The summed E-state index contributed by atoms with van der Waals surface area (Å²) < 4.78 is 20.8. The zero-order valence-corrected chi connectivity index (χ0v) is 12.7. The number of imidazole rings is 1. The van der Waals surface area contributed by atoms with E-state index in [1.54, 1.807) is 18.6 Å². The van der Waals surface area contributed by atoms with E-state index in [1.165, 1.54) is 12.1 Å². The van der Waals surface area contributed by atoms with E-state index < -0.39 is 5.82 Å². The summed E-state index contributed by atoms with van der Waals surface area (Å²) in [6.07, 6.45) is 5.18. The van der Waals surface area contributed by atoms with E-state index in [0.717, 1.165) is 0 Å². The average Bonchev–Trinajstić information content (AvgIpc) is 3.00. The van der Waals surface area contributed by atoms with Crippen molar-refractivity contribution < 1.29 is 13.9 Å². The highest BCUT2D eigenvalue weighted by Gasteiger charge is 2.11. The largest absolute Gasteiger partial charge is 0.378 e. The number of ether oxygens (including phenoxy) is 1. The van der Waals surface area contributed by atoms with Crippen molar-refractivity contribution in [3.63, 3.8) is 0 Å². The SMILES string of the molecule is O=C(Cc1c(F)cccc1Cl)NCCOCCn1ccnc1. The molecule has 7 heteroatoms. The summed E-state index contributed by atoms with van der Waals surface area (Å²) >= 11 is 5.87. The van der Waals surface area contributed by atoms with Crippen LogP contribution in [0.25, 0.3) is 0 Å². The van der Waals surface area contributed by atoms with E-state index in [9.17, 15) is 9.18 Å². The molecule has 0 atom stereocenters. The highest BCUT2D eigenvalue weighted by molar-refractivity contribution is 6.31. The Bertz CT molecular complexity index is 585. The molecule has 2 rings (SSSR count). The molecule has 2 aromatic rings. The van der Waals surface area contributed by atoms with Crippen molar-refractivity contribution in [1.82, 2.24) is 14.9 Å². The van der Waals surface area contributed by atoms with Crippen LogP contribution in [0.1, 0.15) is 5.56 Å². The molecular formula is C15H17ClFN3O2. The van der Waals surface area contributed by atoms with Gasteiger partial charge in [-0.3, -0.25) is 4.79 Å². The van der Waals surface area contributed by atoms with E-state index in [-0.39, 0.29) is 22.9 Å². The molecular weight excluding hydrogens is 309 g/mol. The zero-order valence-electron chi connectivity index (χ0n) is 12.0. The van der Waals surface area contributed by atoms with Crippen LogP contribution in [0.3, 0.4) is 0 Å². The van der Waals surface area contributed by atoms with Crippen molar-refractivity contribution >= 4 is 17.5 Å². The predicted molar refractivity (Wildman–Crippen MR) is 81.2 cm³/mol.